The molecule has 0 fully saturated rings. The number of aromatic hydroxyl groups is 1. The molecule has 2 heterocycles. The van der Waals surface area contributed by atoms with Crippen LogP contribution in [0.2, 0.25) is 0 Å². The Morgan fingerprint density at radius 1 is 1.09 bits per heavy atom. The Bertz CT molecular complexity index is 854. The van der Waals surface area contributed by atoms with Crippen molar-refractivity contribution < 1.29 is 24.1 Å². The highest BCUT2D eigenvalue weighted by Crippen LogP contribution is 2.39. The monoisotopic (exact) mass is 317 g/mol. The highest BCUT2D eigenvalue weighted by molar-refractivity contribution is 5.95. The van der Waals surface area contributed by atoms with Crippen LogP contribution in [0.3, 0.4) is 0 Å². The average molecular weight is 317 g/mol. The minimum absolute atomic E-state index is 0.138. The molecule has 0 bridgehead atoms. The summed E-state index contributed by atoms with van der Waals surface area (Å²) < 4.78 is 17.1. The van der Waals surface area contributed by atoms with Gasteiger partial charge in [0, 0.05) is 17.3 Å². The van der Waals surface area contributed by atoms with E-state index in [2.05, 4.69) is 0 Å². The number of aryl methyl sites for hydroxylation is 1. The van der Waals surface area contributed by atoms with E-state index in [9.17, 15) is 14.7 Å². The van der Waals surface area contributed by atoms with Crippen LogP contribution in [0.4, 0.5) is 0 Å². The van der Waals surface area contributed by atoms with E-state index in [-0.39, 0.29) is 5.75 Å². The molecule has 0 saturated carbocycles. The van der Waals surface area contributed by atoms with E-state index in [0.717, 1.165) is 6.07 Å². The number of pyridine rings is 1. The standard InChI is InChI=1S/C16H15NO6/c1-8-4-9(18)5-14(19)17(8)15-10-6-12(21-2)13(22-3)7-11(10)16(20)23-15/h4-7,15,18H,1-3H3. The van der Waals surface area contributed by atoms with Gasteiger partial charge in [-0.1, -0.05) is 0 Å². The van der Waals surface area contributed by atoms with Gasteiger partial charge in [-0.15, -0.1) is 0 Å². The minimum Gasteiger partial charge on any atom is -0.508 e. The fourth-order valence-electron chi connectivity index (χ4n) is 2.69. The quantitative estimate of drug-likeness (QED) is 0.865. The maximum absolute atomic E-state index is 12.2. The lowest BCUT2D eigenvalue weighted by molar-refractivity contribution is 0.0308. The van der Waals surface area contributed by atoms with Crippen molar-refractivity contribution >= 4 is 5.97 Å². The fourth-order valence-corrected chi connectivity index (χ4v) is 2.69. The first kappa shape index (κ1) is 15.0. The molecule has 1 atom stereocenters. The van der Waals surface area contributed by atoms with Gasteiger partial charge in [0.1, 0.15) is 5.75 Å². The zero-order valence-electron chi connectivity index (χ0n) is 12.8. The number of rotatable bonds is 3. The molecule has 7 heteroatoms. The zero-order valence-corrected chi connectivity index (χ0v) is 12.8. The highest BCUT2D eigenvalue weighted by atomic mass is 16.6. The van der Waals surface area contributed by atoms with Crippen LogP contribution in [0.25, 0.3) is 0 Å². The van der Waals surface area contributed by atoms with Gasteiger partial charge in [0.15, 0.2) is 11.5 Å². The maximum Gasteiger partial charge on any atom is 0.340 e. The molecule has 3 rings (SSSR count). The number of cyclic esters (lactones) is 1. The van der Waals surface area contributed by atoms with E-state index in [1.54, 1.807) is 13.0 Å². The topological polar surface area (TPSA) is 87.0 Å². The number of aromatic nitrogens is 1. The molecule has 0 aliphatic carbocycles. The zero-order chi connectivity index (χ0) is 16.7. The van der Waals surface area contributed by atoms with E-state index >= 15 is 0 Å². The molecular formula is C16H15NO6. The first-order valence-electron chi connectivity index (χ1n) is 6.85. The molecule has 0 radical (unpaired) electrons. The number of benzene rings is 1. The third-order valence-corrected chi connectivity index (χ3v) is 3.74. The normalized spacial score (nSPS) is 16.0. The Kier molecular flexibility index (Phi) is 3.48. The molecule has 7 nitrogen and oxygen atoms in total. The van der Waals surface area contributed by atoms with Gasteiger partial charge in [-0.05, 0) is 25.1 Å². The molecule has 1 unspecified atom stereocenters. The van der Waals surface area contributed by atoms with E-state index in [0.29, 0.717) is 28.3 Å². The van der Waals surface area contributed by atoms with Crippen LogP contribution >= 0.6 is 0 Å². The number of ether oxygens (including phenoxy) is 3. The second-order valence-corrected chi connectivity index (χ2v) is 5.12. The summed E-state index contributed by atoms with van der Waals surface area (Å²) in [7, 11) is 2.95. The van der Waals surface area contributed by atoms with Gasteiger partial charge >= 0.3 is 5.97 Å². The Labute approximate surface area is 131 Å². The van der Waals surface area contributed by atoms with Crippen molar-refractivity contribution in [1.29, 1.82) is 0 Å². The van der Waals surface area contributed by atoms with Crippen LogP contribution in [0.1, 0.15) is 27.8 Å². The molecule has 120 valence electrons. The molecule has 0 saturated heterocycles. The van der Waals surface area contributed by atoms with E-state index in [4.69, 9.17) is 14.2 Å². The number of hydrogen-bond acceptors (Lipinski definition) is 6. The molecule has 1 aromatic heterocycles. The molecule has 1 N–H and O–H groups in total. The average Bonchev–Trinajstić information content (AvgIpc) is 2.81. The second-order valence-electron chi connectivity index (χ2n) is 5.12. The minimum atomic E-state index is -0.912. The summed E-state index contributed by atoms with van der Waals surface area (Å²) >= 11 is 0. The van der Waals surface area contributed by atoms with Gasteiger partial charge in [-0.25, -0.2) is 4.79 Å². The van der Waals surface area contributed by atoms with Crippen molar-refractivity contribution in [3.8, 4) is 17.2 Å². The summed E-state index contributed by atoms with van der Waals surface area (Å²) in [5.74, 6) is 0.142. The molecule has 1 aromatic carbocycles. The third kappa shape index (κ3) is 2.30. The summed E-state index contributed by atoms with van der Waals surface area (Å²) in [6.07, 6.45) is -0.912. The predicted molar refractivity (Wildman–Crippen MR) is 80.2 cm³/mol. The summed E-state index contributed by atoms with van der Waals surface area (Å²) in [6.45, 7) is 1.65. The first-order chi connectivity index (χ1) is 11.0. The second kappa shape index (κ2) is 5.35. The number of nitrogens with zero attached hydrogens (tertiary/aromatic N) is 1. The molecule has 2 aromatic rings. The summed E-state index contributed by atoms with van der Waals surface area (Å²) in [5, 5.41) is 9.50. The predicted octanol–water partition coefficient (Wildman–Crippen LogP) is 1.60. The van der Waals surface area contributed by atoms with Crippen molar-refractivity contribution in [2.24, 2.45) is 0 Å². The Morgan fingerprint density at radius 2 is 1.74 bits per heavy atom. The maximum atomic E-state index is 12.2. The van der Waals surface area contributed by atoms with Gasteiger partial charge in [-0.2, -0.15) is 0 Å². The molecular weight excluding hydrogens is 302 g/mol. The van der Waals surface area contributed by atoms with Crippen LogP contribution in [-0.4, -0.2) is 29.9 Å². The number of hydrogen-bond donors (Lipinski definition) is 1. The number of carbonyl (C=O) groups excluding carboxylic acids is 1. The Morgan fingerprint density at radius 3 is 2.35 bits per heavy atom. The molecule has 1 aliphatic rings. The first-order valence-corrected chi connectivity index (χ1v) is 6.85. The van der Waals surface area contributed by atoms with Gasteiger partial charge in [0.2, 0.25) is 6.23 Å². The van der Waals surface area contributed by atoms with Crippen molar-refractivity contribution in [3.05, 3.63) is 51.4 Å². The smallest absolute Gasteiger partial charge is 0.340 e. The fraction of sp³-hybridized carbons (Fsp3) is 0.250. The number of esters is 1. The Hall–Kier alpha value is -2.96. The van der Waals surface area contributed by atoms with Crippen LogP contribution < -0.4 is 15.0 Å². The van der Waals surface area contributed by atoms with E-state index < -0.39 is 17.8 Å². The van der Waals surface area contributed by atoms with Gasteiger partial charge in [0.05, 0.1) is 19.8 Å². The Balaban J connectivity index is 2.21. The summed E-state index contributed by atoms with van der Waals surface area (Å²) in [4.78, 5) is 24.3. The molecule has 1 aliphatic heterocycles. The lowest BCUT2D eigenvalue weighted by Gasteiger charge is -2.18. The molecule has 0 amide bonds. The van der Waals surface area contributed by atoms with Crippen molar-refractivity contribution in [1.82, 2.24) is 4.57 Å². The van der Waals surface area contributed by atoms with Crippen LogP contribution in [-0.2, 0) is 4.74 Å². The van der Waals surface area contributed by atoms with E-state index in [1.807, 2.05) is 0 Å². The van der Waals surface area contributed by atoms with Crippen molar-refractivity contribution in [2.75, 3.05) is 14.2 Å². The summed E-state index contributed by atoms with van der Waals surface area (Å²) in [6, 6.07) is 5.63. The summed E-state index contributed by atoms with van der Waals surface area (Å²) in [5.41, 5.74) is 0.814. The van der Waals surface area contributed by atoms with Crippen molar-refractivity contribution in [2.45, 2.75) is 13.2 Å². The number of carbonyl (C=O) groups is 1. The number of methoxy groups -OCH3 is 2. The largest absolute Gasteiger partial charge is 0.508 e. The van der Waals surface area contributed by atoms with Gasteiger partial charge in [0.25, 0.3) is 5.56 Å². The van der Waals surface area contributed by atoms with Crippen LogP contribution in [0.15, 0.2) is 29.1 Å². The van der Waals surface area contributed by atoms with Gasteiger partial charge < -0.3 is 19.3 Å². The lowest BCUT2D eigenvalue weighted by atomic mass is 10.1. The SMILES string of the molecule is COc1cc2c(cc1OC)C(n1c(C)cc(O)cc1=O)OC2=O. The van der Waals surface area contributed by atoms with Crippen LogP contribution in [0.5, 0.6) is 17.2 Å². The highest BCUT2D eigenvalue weighted by Gasteiger charge is 2.35. The van der Waals surface area contributed by atoms with Crippen molar-refractivity contribution in [3.63, 3.8) is 0 Å². The van der Waals surface area contributed by atoms with Crippen LogP contribution in [0, 0.1) is 6.92 Å². The van der Waals surface area contributed by atoms with Gasteiger partial charge in [-0.3, -0.25) is 9.36 Å². The van der Waals surface area contributed by atoms with E-state index in [1.165, 1.54) is 30.9 Å². The third-order valence-electron chi connectivity index (χ3n) is 3.74. The molecule has 23 heavy (non-hydrogen) atoms. The lowest BCUT2D eigenvalue weighted by Crippen LogP contribution is -2.26. The molecule has 0 spiro atoms. The number of fused-ring (bicyclic) bond motifs is 1.